The van der Waals surface area contributed by atoms with E-state index in [9.17, 15) is 4.79 Å². The van der Waals surface area contributed by atoms with Crippen molar-refractivity contribution in [1.29, 1.82) is 0 Å². The fraction of sp³-hybridized carbons (Fsp3) is 0.600. The molecule has 1 atom stereocenters. The zero-order valence-electron chi connectivity index (χ0n) is 12.0. The lowest BCUT2D eigenvalue weighted by Gasteiger charge is -2.30. The molecule has 1 aliphatic rings. The fourth-order valence-corrected chi connectivity index (χ4v) is 3.33. The Balaban J connectivity index is 1.83. The minimum absolute atomic E-state index is 0.0426. The van der Waals surface area contributed by atoms with Crippen LogP contribution in [0.1, 0.15) is 32.1 Å². The van der Waals surface area contributed by atoms with Crippen molar-refractivity contribution in [2.75, 3.05) is 7.05 Å². The fourth-order valence-electron chi connectivity index (χ4n) is 3.33. The second-order valence-electron chi connectivity index (χ2n) is 5.71. The predicted octanol–water partition coefficient (Wildman–Crippen LogP) is 1.66. The van der Waals surface area contributed by atoms with Gasteiger partial charge in [-0.2, -0.15) is 5.10 Å². The number of hydrogen-bond acceptors (Lipinski definition) is 3. The van der Waals surface area contributed by atoms with Crippen LogP contribution in [0.3, 0.4) is 0 Å². The van der Waals surface area contributed by atoms with Crippen molar-refractivity contribution in [3.63, 3.8) is 0 Å². The van der Waals surface area contributed by atoms with Gasteiger partial charge in [0, 0.05) is 25.0 Å². The van der Waals surface area contributed by atoms with E-state index in [1.54, 1.807) is 16.8 Å². The van der Waals surface area contributed by atoms with E-state index < -0.39 is 0 Å². The van der Waals surface area contributed by atoms with Crippen molar-refractivity contribution >= 4 is 5.52 Å². The quantitative estimate of drug-likeness (QED) is 0.922. The van der Waals surface area contributed by atoms with Gasteiger partial charge in [-0.1, -0.05) is 19.3 Å². The molecule has 2 heterocycles. The molecule has 1 fully saturated rings. The first-order valence-electron chi connectivity index (χ1n) is 7.49. The molecule has 1 unspecified atom stereocenters. The largest absolute Gasteiger partial charge is 0.315 e. The van der Waals surface area contributed by atoms with Gasteiger partial charge in [-0.05, 0) is 31.9 Å². The topological polar surface area (TPSA) is 51.3 Å². The van der Waals surface area contributed by atoms with Crippen LogP contribution in [0.4, 0.5) is 0 Å². The molecular weight excluding hydrogens is 252 g/mol. The molecule has 2 aromatic rings. The summed E-state index contributed by atoms with van der Waals surface area (Å²) in [6.07, 6.45) is 11.9. The minimum Gasteiger partial charge on any atom is -0.315 e. The van der Waals surface area contributed by atoms with Gasteiger partial charge in [0.25, 0.3) is 5.56 Å². The van der Waals surface area contributed by atoms with Crippen LogP contribution in [-0.2, 0) is 6.54 Å². The van der Waals surface area contributed by atoms with Gasteiger partial charge in [0.1, 0.15) is 5.52 Å². The predicted molar refractivity (Wildman–Crippen MR) is 78.9 cm³/mol. The van der Waals surface area contributed by atoms with Crippen LogP contribution in [0.25, 0.3) is 5.52 Å². The summed E-state index contributed by atoms with van der Waals surface area (Å²) in [5, 5.41) is 7.50. The third-order valence-electron chi connectivity index (χ3n) is 4.52. The monoisotopic (exact) mass is 274 g/mol. The molecule has 5 heteroatoms. The van der Waals surface area contributed by atoms with Gasteiger partial charge in [0.05, 0.1) is 6.20 Å². The molecule has 5 nitrogen and oxygen atoms in total. The SMILES string of the molecule is CNC(Cn1ccn2nccc2c1=O)C1CCCCC1. The summed E-state index contributed by atoms with van der Waals surface area (Å²) in [4.78, 5) is 12.4. The van der Waals surface area contributed by atoms with Gasteiger partial charge in [0.15, 0.2) is 0 Å². The Bertz CT molecular complexity index is 624. The smallest absolute Gasteiger partial charge is 0.276 e. The summed E-state index contributed by atoms with van der Waals surface area (Å²) >= 11 is 0. The van der Waals surface area contributed by atoms with Crippen molar-refractivity contribution in [3.8, 4) is 0 Å². The first-order valence-corrected chi connectivity index (χ1v) is 7.49. The molecule has 1 aliphatic carbocycles. The number of hydrogen-bond donors (Lipinski definition) is 1. The van der Waals surface area contributed by atoms with Crippen LogP contribution in [0, 0.1) is 5.92 Å². The maximum atomic E-state index is 12.4. The van der Waals surface area contributed by atoms with E-state index in [1.807, 2.05) is 24.0 Å². The summed E-state index contributed by atoms with van der Waals surface area (Å²) < 4.78 is 3.45. The zero-order chi connectivity index (χ0) is 13.9. The summed E-state index contributed by atoms with van der Waals surface area (Å²) in [6, 6.07) is 2.15. The second-order valence-corrected chi connectivity index (χ2v) is 5.71. The van der Waals surface area contributed by atoms with E-state index >= 15 is 0 Å². The Morgan fingerprint density at radius 3 is 2.90 bits per heavy atom. The molecular formula is C15H22N4O. The molecule has 0 spiro atoms. The average Bonchev–Trinajstić information content (AvgIpc) is 2.97. The number of nitrogens with one attached hydrogen (secondary N) is 1. The molecule has 1 N–H and O–H groups in total. The molecule has 2 aromatic heterocycles. The molecule has 1 saturated carbocycles. The highest BCUT2D eigenvalue weighted by Gasteiger charge is 2.23. The van der Waals surface area contributed by atoms with Gasteiger partial charge in [-0.15, -0.1) is 0 Å². The molecule has 0 bridgehead atoms. The number of aromatic nitrogens is 3. The van der Waals surface area contributed by atoms with Crippen LogP contribution in [-0.4, -0.2) is 27.3 Å². The normalized spacial score (nSPS) is 18.4. The summed E-state index contributed by atoms with van der Waals surface area (Å²) in [7, 11) is 2.00. The lowest BCUT2D eigenvalue weighted by Crippen LogP contribution is -2.41. The molecule has 0 aliphatic heterocycles. The molecule has 108 valence electrons. The minimum atomic E-state index is 0.0426. The van der Waals surface area contributed by atoms with Crippen molar-refractivity contribution in [1.82, 2.24) is 19.5 Å². The Morgan fingerprint density at radius 2 is 2.15 bits per heavy atom. The Morgan fingerprint density at radius 1 is 1.35 bits per heavy atom. The molecule has 0 radical (unpaired) electrons. The summed E-state index contributed by atoms with van der Waals surface area (Å²) in [6.45, 7) is 0.738. The molecule has 20 heavy (non-hydrogen) atoms. The number of rotatable bonds is 4. The summed E-state index contributed by atoms with van der Waals surface area (Å²) in [5.41, 5.74) is 0.687. The summed E-state index contributed by atoms with van der Waals surface area (Å²) in [5.74, 6) is 0.682. The van der Waals surface area contributed by atoms with E-state index in [4.69, 9.17) is 0 Å². The first kappa shape index (κ1) is 13.4. The Hall–Kier alpha value is -1.62. The standard InChI is InChI=1S/C15H22N4O/c1-16-13(12-5-3-2-4-6-12)11-18-9-10-19-14(15(18)20)7-8-17-19/h7-10,12-13,16H,2-6,11H2,1H3. The number of nitrogens with zero attached hydrogens (tertiary/aromatic N) is 3. The van der Waals surface area contributed by atoms with Crippen LogP contribution in [0.5, 0.6) is 0 Å². The zero-order valence-corrected chi connectivity index (χ0v) is 12.0. The van der Waals surface area contributed by atoms with Gasteiger partial charge < -0.3 is 9.88 Å². The van der Waals surface area contributed by atoms with E-state index in [0.29, 0.717) is 17.5 Å². The van der Waals surface area contributed by atoms with E-state index in [-0.39, 0.29) is 5.56 Å². The van der Waals surface area contributed by atoms with Gasteiger partial charge in [0.2, 0.25) is 0 Å². The van der Waals surface area contributed by atoms with E-state index in [1.165, 1.54) is 32.1 Å². The molecule has 0 saturated heterocycles. The average molecular weight is 274 g/mol. The molecule has 0 amide bonds. The second kappa shape index (κ2) is 5.79. The van der Waals surface area contributed by atoms with Crippen molar-refractivity contribution in [2.24, 2.45) is 5.92 Å². The Kier molecular flexibility index (Phi) is 3.87. The van der Waals surface area contributed by atoms with Gasteiger partial charge in [-0.3, -0.25) is 4.79 Å². The number of likely N-dealkylation sites (N-methyl/N-ethyl adjacent to an activating group) is 1. The lowest BCUT2D eigenvalue weighted by atomic mass is 9.84. The van der Waals surface area contributed by atoms with E-state index in [2.05, 4.69) is 10.4 Å². The number of fused-ring (bicyclic) bond motifs is 1. The van der Waals surface area contributed by atoms with Crippen LogP contribution in [0.2, 0.25) is 0 Å². The van der Waals surface area contributed by atoms with Gasteiger partial charge >= 0.3 is 0 Å². The van der Waals surface area contributed by atoms with Gasteiger partial charge in [-0.25, -0.2) is 4.52 Å². The maximum Gasteiger partial charge on any atom is 0.276 e. The molecule has 0 aromatic carbocycles. The Labute approximate surface area is 118 Å². The third-order valence-corrected chi connectivity index (χ3v) is 4.52. The first-order chi connectivity index (χ1) is 9.79. The highest BCUT2D eigenvalue weighted by molar-refractivity contribution is 5.42. The van der Waals surface area contributed by atoms with Crippen LogP contribution in [0.15, 0.2) is 29.5 Å². The maximum absolute atomic E-state index is 12.4. The van der Waals surface area contributed by atoms with Crippen molar-refractivity contribution < 1.29 is 0 Å². The third kappa shape index (κ3) is 2.50. The van der Waals surface area contributed by atoms with E-state index in [0.717, 1.165) is 6.54 Å². The van der Waals surface area contributed by atoms with Crippen LogP contribution < -0.4 is 10.9 Å². The highest BCUT2D eigenvalue weighted by Crippen LogP contribution is 2.26. The lowest BCUT2D eigenvalue weighted by molar-refractivity contribution is 0.256. The van der Waals surface area contributed by atoms with Crippen molar-refractivity contribution in [2.45, 2.75) is 44.7 Å². The molecule has 3 rings (SSSR count). The van der Waals surface area contributed by atoms with Crippen LogP contribution >= 0.6 is 0 Å². The highest BCUT2D eigenvalue weighted by atomic mass is 16.1. The van der Waals surface area contributed by atoms with Crippen molar-refractivity contribution in [3.05, 3.63) is 35.0 Å².